The van der Waals surface area contributed by atoms with Crippen molar-refractivity contribution >= 4 is 22.9 Å². The summed E-state index contributed by atoms with van der Waals surface area (Å²) in [4.78, 5) is 10.3. The molecule has 0 spiro atoms. The van der Waals surface area contributed by atoms with Gasteiger partial charge in [-0.1, -0.05) is 18.5 Å². The Balaban J connectivity index is 1.88. The number of fused-ring (bicyclic) bond motifs is 1. The van der Waals surface area contributed by atoms with Gasteiger partial charge in [0.2, 0.25) is 0 Å². The molecule has 2 aromatic heterocycles. The highest BCUT2D eigenvalue weighted by atomic mass is 35.5. The molecule has 0 fully saturated rings. The van der Waals surface area contributed by atoms with Crippen molar-refractivity contribution in [2.75, 3.05) is 6.54 Å². The normalized spacial score (nSPS) is 18.0. The molecule has 0 amide bonds. The molecule has 2 aromatic rings. The Labute approximate surface area is 128 Å². The van der Waals surface area contributed by atoms with Crippen LogP contribution in [0.5, 0.6) is 0 Å². The Bertz CT molecular complexity index is 597. The highest BCUT2D eigenvalue weighted by Gasteiger charge is 2.22. The highest BCUT2D eigenvalue weighted by Crippen LogP contribution is 2.32. The zero-order valence-corrected chi connectivity index (χ0v) is 13.1. The fourth-order valence-electron chi connectivity index (χ4n) is 2.63. The van der Waals surface area contributed by atoms with Crippen molar-refractivity contribution in [3.8, 4) is 10.7 Å². The minimum atomic E-state index is 0.416. The predicted molar refractivity (Wildman–Crippen MR) is 84.3 cm³/mol. The Kier molecular flexibility index (Phi) is 4.34. The first-order chi connectivity index (χ1) is 9.78. The number of hydrogen-bond donors (Lipinski definition) is 1. The van der Waals surface area contributed by atoms with Gasteiger partial charge < -0.3 is 5.32 Å². The van der Waals surface area contributed by atoms with E-state index in [1.54, 1.807) is 11.3 Å². The molecule has 20 heavy (non-hydrogen) atoms. The molecule has 0 aromatic carbocycles. The van der Waals surface area contributed by atoms with Gasteiger partial charge in [0.05, 0.1) is 9.90 Å². The SMILES string of the molecule is CCCNC1CCCc2nc(-c3cc(Cl)cs3)ncc21. The van der Waals surface area contributed by atoms with Gasteiger partial charge in [0.25, 0.3) is 0 Å². The zero-order chi connectivity index (χ0) is 13.9. The van der Waals surface area contributed by atoms with Crippen molar-refractivity contribution in [2.24, 2.45) is 0 Å². The highest BCUT2D eigenvalue weighted by molar-refractivity contribution is 7.14. The second kappa shape index (κ2) is 6.20. The molecule has 0 saturated heterocycles. The van der Waals surface area contributed by atoms with Crippen LogP contribution in [0.1, 0.15) is 43.5 Å². The summed E-state index contributed by atoms with van der Waals surface area (Å²) in [6.45, 7) is 3.24. The average Bonchev–Trinajstić information content (AvgIpc) is 2.91. The minimum absolute atomic E-state index is 0.416. The van der Waals surface area contributed by atoms with E-state index in [1.807, 2.05) is 17.6 Å². The van der Waals surface area contributed by atoms with E-state index in [-0.39, 0.29) is 0 Å². The average molecular weight is 308 g/mol. The third-order valence-corrected chi connectivity index (χ3v) is 4.88. The van der Waals surface area contributed by atoms with Gasteiger partial charge in [-0.15, -0.1) is 11.3 Å². The lowest BCUT2D eigenvalue weighted by Crippen LogP contribution is -2.26. The van der Waals surface area contributed by atoms with E-state index in [0.29, 0.717) is 6.04 Å². The lowest BCUT2D eigenvalue weighted by Gasteiger charge is -2.25. The predicted octanol–water partition coefficient (Wildman–Crippen LogP) is 4.24. The first-order valence-electron chi connectivity index (χ1n) is 7.11. The van der Waals surface area contributed by atoms with Gasteiger partial charge in [0.15, 0.2) is 5.82 Å². The van der Waals surface area contributed by atoms with Crippen molar-refractivity contribution in [1.29, 1.82) is 0 Å². The summed E-state index contributed by atoms with van der Waals surface area (Å²) in [6, 6.07) is 2.35. The second-order valence-electron chi connectivity index (χ2n) is 5.12. The van der Waals surface area contributed by atoms with Crippen molar-refractivity contribution in [2.45, 2.75) is 38.6 Å². The molecule has 0 radical (unpaired) electrons. The summed E-state index contributed by atoms with van der Waals surface area (Å²) in [6.07, 6.45) is 6.57. The number of thiophene rings is 1. The van der Waals surface area contributed by atoms with Gasteiger partial charge in [0.1, 0.15) is 0 Å². The van der Waals surface area contributed by atoms with Gasteiger partial charge in [-0.25, -0.2) is 9.97 Å². The zero-order valence-electron chi connectivity index (χ0n) is 11.5. The summed E-state index contributed by atoms with van der Waals surface area (Å²) in [7, 11) is 0. The summed E-state index contributed by atoms with van der Waals surface area (Å²) >= 11 is 7.57. The lowest BCUT2D eigenvalue weighted by atomic mass is 9.92. The van der Waals surface area contributed by atoms with Crippen LogP contribution in [-0.2, 0) is 6.42 Å². The van der Waals surface area contributed by atoms with E-state index in [9.17, 15) is 0 Å². The van der Waals surface area contributed by atoms with Gasteiger partial charge in [-0.3, -0.25) is 0 Å². The first-order valence-corrected chi connectivity index (χ1v) is 8.37. The van der Waals surface area contributed by atoms with E-state index >= 15 is 0 Å². The largest absolute Gasteiger partial charge is 0.310 e. The molecule has 1 aliphatic rings. The fraction of sp³-hybridized carbons (Fsp3) is 0.467. The molecule has 1 N–H and O–H groups in total. The van der Waals surface area contributed by atoms with E-state index < -0.39 is 0 Å². The molecule has 1 aliphatic carbocycles. The molecule has 0 saturated carbocycles. The van der Waals surface area contributed by atoms with E-state index in [2.05, 4.69) is 17.2 Å². The summed E-state index contributed by atoms with van der Waals surface area (Å²) in [5, 5.41) is 6.27. The van der Waals surface area contributed by atoms with Crippen LogP contribution in [0, 0.1) is 0 Å². The molecular formula is C15H18ClN3S. The van der Waals surface area contributed by atoms with E-state index in [0.717, 1.165) is 35.1 Å². The number of rotatable bonds is 4. The second-order valence-corrected chi connectivity index (χ2v) is 6.47. The maximum atomic E-state index is 5.98. The van der Waals surface area contributed by atoms with Crippen LogP contribution in [0.25, 0.3) is 10.7 Å². The Morgan fingerprint density at radius 3 is 3.15 bits per heavy atom. The quantitative estimate of drug-likeness (QED) is 0.918. The number of aryl methyl sites for hydroxylation is 1. The summed E-state index contributed by atoms with van der Waals surface area (Å²) in [5.74, 6) is 0.803. The maximum Gasteiger partial charge on any atom is 0.169 e. The van der Waals surface area contributed by atoms with Crippen molar-refractivity contribution < 1.29 is 0 Å². The van der Waals surface area contributed by atoms with E-state index in [1.165, 1.54) is 24.1 Å². The van der Waals surface area contributed by atoms with Crippen LogP contribution < -0.4 is 5.32 Å². The minimum Gasteiger partial charge on any atom is -0.310 e. The Morgan fingerprint density at radius 2 is 2.40 bits per heavy atom. The van der Waals surface area contributed by atoms with Gasteiger partial charge in [-0.2, -0.15) is 0 Å². The number of hydrogen-bond acceptors (Lipinski definition) is 4. The van der Waals surface area contributed by atoms with Crippen LogP contribution in [-0.4, -0.2) is 16.5 Å². The molecule has 0 bridgehead atoms. The van der Waals surface area contributed by atoms with E-state index in [4.69, 9.17) is 16.6 Å². The third-order valence-electron chi connectivity index (χ3n) is 3.61. The van der Waals surface area contributed by atoms with Crippen molar-refractivity contribution in [3.05, 3.63) is 33.9 Å². The lowest BCUT2D eigenvalue weighted by molar-refractivity contribution is 0.454. The van der Waals surface area contributed by atoms with Gasteiger partial charge >= 0.3 is 0 Å². The number of nitrogens with zero attached hydrogens (tertiary/aromatic N) is 2. The molecule has 1 atom stereocenters. The molecule has 2 heterocycles. The smallest absolute Gasteiger partial charge is 0.169 e. The monoisotopic (exact) mass is 307 g/mol. The molecule has 3 rings (SSSR count). The first kappa shape index (κ1) is 14.0. The standard InChI is InChI=1S/C15H18ClN3S/c1-2-6-17-12-4-3-5-13-11(12)8-18-15(19-13)14-7-10(16)9-20-14/h7-9,12,17H,2-6H2,1H3. The third kappa shape index (κ3) is 2.87. The van der Waals surface area contributed by atoms with Crippen LogP contribution in [0.3, 0.4) is 0 Å². The van der Waals surface area contributed by atoms with Gasteiger partial charge in [-0.05, 0) is 38.3 Å². The maximum absolute atomic E-state index is 5.98. The van der Waals surface area contributed by atoms with Crippen LogP contribution >= 0.6 is 22.9 Å². The molecule has 106 valence electrons. The Morgan fingerprint density at radius 1 is 1.50 bits per heavy atom. The van der Waals surface area contributed by atoms with Gasteiger partial charge in [0, 0.05) is 28.9 Å². The number of nitrogens with one attached hydrogen (secondary N) is 1. The van der Waals surface area contributed by atoms with Crippen molar-refractivity contribution in [1.82, 2.24) is 15.3 Å². The number of aromatic nitrogens is 2. The molecule has 3 nitrogen and oxygen atoms in total. The molecule has 1 unspecified atom stereocenters. The topological polar surface area (TPSA) is 37.8 Å². The van der Waals surface area contributed by atoms with Crippen LogP contribution in [0.4, 0.5) is 0 Å². The van der Waals surface area contributed by atoms with Crippen LogP contribution in [0.15, 0.2) is 17.6 Å². The summed E-state index contributed by atoms with van der Waals surface area (Å²) in [5.41, 5.74) is 2.47. The van der Waals surface area contributed by atoms with Crippen LogP contribution in [0.2, 0.25) is 5.02 Å². The van der Waals surface area contributed by atoms with Crippen molar-refractivity contribution in [3.63, 3.8) is 0 Å². The Hall–Kier alpha value is -0.970. The molecular weight excluding hydrogens is 290 g/mol. The summed E-state index contributed by atoms with van der Waals surface area (Å²) < 4.78 is 0. The molecule has 0 aliphatic heterocycles. The molecule has 5 heteroatoms. The fourth-order valence-corrected chi connectivity index (χ4v) is 3.64. The number of halogens is 1.